The van der Waals surface area contributed by atoms with Gasteiger partial charge in [-0.2, -0.15) is 14.0 Å². The van der Waals surface area contributed by atoms with Gasteiger partial charge in [0.1, 0.15) is 6.07 Å². The first-order valence-corrected chi connectivity index (χ1v) is 5.33. The third-order valence-electron chi connectivity index (χ3n) is 1.91. The van der Waals surface area contributed by atoms with Crippen molar-refractivity contribution in [1.29, 1.82) is 5.26 Å². The molecule has 0 bridgehead atoms. The van der Waals surface area contributed by atoms with Crippen molar-refractivity contribution in [2.24, 2.45) is 0 Å². The van der Waals surface area contributed by atoms with Gasteiger partial charge in [0, 0.05) is 4.90 Å². The molecule has 1 aromatic rings. The molecule has 0 fully saturated rings. The molecule has 7 heteroatoms. The van der Waals surface area contributed by atoms with E-state index in [1.165, 1.54) is 6.07 Å². The summed E-state index contributed by atoms with van der Waals surface area (Å²) in [5.74, 6) is -1.02. The molecule has 1 rings (SSSR count). The van der Waals surface area contributed by atoms with Gasteiger partial charge in [0.2, 0.25) is 0 Å². The van der Waals surface area contributed by atoms with Crippen LogP contribution in [0.15, 0.2) is 17.0 Å². The van der Waals surface area contributed by atoms with Crippen molar-refractivity contribution in [2.75, 3.05) is 6.61 Å². The molecule has 0 N–H and O–H groups in total. The summed E-state index contributed by atoms with van der Waals surface area (Å²) in [5, 5.41) is 8.83. The van der Waals surface area contributed by atoms with Gasteiger partial charge in [-0.05, 0) is 19.1 Å². The van der Waals surface area contributed by atoms with Crippen LogP contribution in [0, 0.1) is 11.3 Å². The number of esters is 1. The Hall–Kier alpha value is -1.81. The van der Waals surface area contributed by atoms with Crippen molar-refractivity contribution in [1.82, 2.24) is 0 Å². The van der Waals surface area contributed by atoms with Gasteiger partial charge in [-0.25, -0.2) is 4.79 Å². The van der Waals surface area contributed by atoms with Gasteiger partial charge in [0.25, 0.3) is 0 Å². The van der Waals surface area contributed by atoms with E-state index in [1.54, 1.807) is 13.0 Å². The van der Waals surface area contributed by atoms with E-state index in [9.17, 15) is 13.6 Å². The van der Waals surface area contributed by atoms with Gasteiger partial charge in [0.05, 0.1) is 17.7 Å². The predicted molar refractivity (Wildman–Crippen MR) is 61.0 cm³/mol. The number of nitrogens with zero attached hydrogens (tertiary/aromatic N) is 1. The Balaban J connectivity index is 3.19. The summed E-state index contributed by atoms with van der Waals surface area (Å²) < 4.78 is 33.2. The Morgan fingerprint density at radius 1 is 1.56 bits per heavy atom. The number of alkyl halides is 2. The molecule has 0 unspecified atom stereocenters. The minimum absolute atomic E-state index is 0.0302. The molecule has 96 valence electrons. The van der Waals surface area contributed by atoms with Crippen LogP contribution in [0.2, 0.25) is 0 Å². The Morgan fingerprint density at radius 2 is 2.22 bits per heavy atom. The van der Waals surface area contributed by atoms with Crippen molar-refractivity contribution in [3.8, 4) is 11.8 Å². The topological polar surface area (TPSA) is 59.3 Å². The average molecular weight is 273 g/mol. The van der Waals surface area contributed by atoms with E-state index in [-0.39, 0.29) is 28.4 Å². The molecule has 0 aliphatic rings. The summed E-state index contributed by atoms with van der Waals surface area (Å²) in [4.78, 5) is 11.4. The highest BCUT2D eigenvalue weighted by Crippen LogP contribution is 2.30. The summed E-state index contributed by atoms with van der Waals surface area (Å²) >= 11 is 3.91. The third-order valence-corrected chi connectivity index (χ3v) is 2.24. The van der Waals surface area contributed by atoms with Gasteiger partial charge >= 0.3 is 12.6 Å². The normalized spacial score (nSPS) is 10.0. The van der Waals surface area contributed by atoms with Crippen molar-refractivity contribution in [3.63, 3.8) is 0 Å². The summed E-state index contributed by atoms with van der Waals surface area (Å²) in [6.07, 6.45) is 0. The first-order chi connectivity index (χ1) is 8.49. The van der Waals surface area contributed by atoms with E-state index in [4.69, 9.17) is 10.00 Å². The van der Waals surface area contributed by atoms with Gasteiger partial charge in [0.15, 0.2) is 5.75 Å². The Bertz CT molecular complexity index is 500. The monoisotopic (exact) mass is 273 g/mol. The minimum Gasteiger partial charge on any atom is -0.462 e. The van der Waals surface area contributed by atoms with E-state index in [0.717, 1.165) is 6.07 Å². The second-order valence-electron chi connectivity index (χ2n) is 3.08. The maximum atomic E-state index is 12.1. The summed E-state index contributed by atoms with van der Waals surface area (Å²) in [6.45, 7) is -1.28. The van der Waals surface area contributed by atoms with Crippen LogP contribution in [0.1, 0.15) is 22.8 Å². The molecule has 0 saturated carbocycles. The van der Waals surface area contributed by atoms with Gasteiger partial charge in [-0.15, -0.1) is 12.6 Å². The second-order valence-corrected chi connectivity index (χ2v) is 3.56. The molecule has 18 heavy (non-hydrogen) atoms. The standard InChI is InChI=1S/C11H9F2NO3S/c1-2-16-10(15)6-3-7(5-14)9(8(18)4-6)17-11(12)13/h3-4,11,18H,2H2,1H3. The van der Waals surface area contributed by atoms with Crippen LogP contribution in [0.25, 0.3) is 0 Å². The van der Waals surface area contributed by atoms with E-state index >= 15 is 0 Å². The summed E-state index contributed by atoms with van der Waals surface area (Å²) in [5.41, 5.74) is -0.147. The molecule has 0 amide bonds. The highest BCUT2D eigenvalue weighted by atomic mass is 32.1. The van der Waals surface area contributed by atoms with E-state index in [2.05, 4.69) is 17.4 Å². The lowest BCUT2D eigenvalue weighted by atomic mass is 10.1. The summed E-state index contributed by atoms with van der Waals surface area (Å²) in [6, 6.07) is 3.99. The predicted octanol–water partition coefficient (Wildman–Crippen LogP) is 2.63. The molecule has 4 nitrogen and oxygen atoms in total. The molecule has 1 aromatic carbocycles. The smallest absolute Gasteiger partial charge is 0.387 e. The Kier molecular flexibility index (Phi) is 4.92. The molecule has 0 heterocycles. The number of hydrogen-bond acceptors (Lipinski definition) is 5. The first kappa shape index (κ1) is 14.3. The molecule has 0 aromatic heterocycles. The van der Waals surface area contributed by atoms with Crippen molar-refractivity contribution < 1.29 is 23.0 Å². The molecule has 0 aliphatic carbocycles. The minimum atomic E-state index is -3.07. The van der Waals surface area contributed by atoms with Gasteiger partial charge in [-0.1, -0.05) is 0 Å². The fraction of sp³-hybridized carbons (Fsp3) is 0.273. The van der Waals surface area contributed by atoms with E-state index < -0.39 is 12.6 Å². The average Bonchev–Trinajstić information content (AvgIpc) is 2.31. The molecule has 0 aliphatic heterocycles. The third kappa shape index (κ3) is 3.34. The SMILES string of the molecule is CCOC(=O)c1cc(S)c(OC(F)F)c(C#N)c1. The molecular weight excluding hydrogens is 264 g/mol. The quantitative estimate of drug-likeness (QED) is 0.676. The number of ether oxygens (including phenoxy) is 2. The van der Waals surface area contributed by atoms with Crippen LogP contribution in [0.3, 0.4) is 0 Å². The van der Waals surface area contributed by atoms with Crippen LogP contribution < -0.4 is 4.74 Å². The van der Waals surface area contributed by atoms with Crippen LogP contribution in [-0.4, -0.2) is 19.2 Å². The van der Waals surface area contributed by atoms with Crippen molar-refractivity contribution >= 4 is 18.6 Å². The van der Waals surface area contributed by atoms with Crippen LogP contribution in [0.5, 0.6) is 5.75 Å². The van der Waals surface area contributed by atoms with Gasteiger partial charge in [-0.3, -0.25) is 0 Å². The van der Waals surface area contributed by atoms with Crippen LogP contribution in [-0.2, 0) is 4.74 Å². The highest BCUT2D eigenvalue weighted by molar-refractivity contribution is 7.80. The fourth-order valence-electron chi connectivity index (χ4n) is 1.24. The highest BCUT2D eigenvalue weighted by Gasteiger charge is 2.17. The molecule has 0 atom stereocenters. The first-order valence-electron chi connectivity index (χ1n) is 4.88. The van der Waals surface area contributed by atoms with E-state index in [0.29, 0.717) is 0 Å². The summed E-state index contributed by atoms with van der Waals surface area (Å²) in [7, 11) is 0. The number of halogens is 2. The zero-order valence-corrected chi connectivity index (χ0v) is 10.2. The lowest BCUT2D eigenvalue weighted by molar-refractivity contribution is -0.0518. The number of thiol groups is 1. The Morgan fingerprint density at radius 3 is 2.72 bits per heavy atom. The van der Waals surface area contributed by atoms with Crippen molar-refractivity contribution in [2.45, 2.75) is 18.4 Å². The largest absolute Gasteiger partial charge is 0.462 e. The lowest BCUT2D eigenvalue weighted by Gasteiger charge is -2.10. The maximum Gasteiger partial charge on any atom is 0.387 e. The number of benzene rings is 1. The number of carbonyl (C=O) groups is 1. The number of carbonyl (C=O) groups excluding carboxylic acids is 1. The molecule has 0 radical (unpaired) electrons. The van der Waals surface area contributed by atoms with Crippen LogP contribution >= 0.6 is 12.6 Å². The number of rotatable bonds is 4. The zero-order chi connectivity index (χ0) is 13.7. The van der Waals surface area contributed by atoms with Crippen LogP contribution in [0.4, 0.5) is 8.78 Å². The number of hydrogen-bond donors (Lipinski definition) is 1. The maximum absolute atomic E-state index is 12.1. The van der Waals surface area contributed by atoms with Crippen molar-refractivity contribution in [3.05, 3.63) is 23.3 Å². The molecule has 0 saturated heterocycles. The zero-order valence-electron chi connectivity index (χ0n) is 9.31. The van der Waals surface area contributed by atoms with E-state index in [1.807, 2.05) is 0 Å². The molecule has 0 spiro atoms. The van der Waals surface area contributed by atoms with Gasteiger partial charge < -0.3 is 9.47 Å². The fourth-order valence-corrected chi connectivity index (χ4v) is 1.55. The lowest BCUT2D eigenvalue weighted by Crippen LogP contribution is -2.08. The molecular formula is C11H9F2NO3S. The second kappa shape index (κ2) is 6.21. The Labute approximate surface area is 108 Å². The number of nitriles is 1.